The van der Waals surface area contributed by atoms with Crippen LogP contribution >= 0.6 is 0 Å². The monoisotopic (exact) mass is 155 g/mol. The standard InChI is InChI=1S/C10H19O/c1-3-5-6-7-8-9-10(11)4-2/h5,8-11H,3-4,6-7H2,1-2H3. The van der Waals surface area contributed by atoms with Gasteiger partial charge in [0.25, 0.3) is 0 Å². The Bertz CT molecular complexity index is 97.0. The van der Waals surface area contributed by atoms with E-state index in [1.807, 2.05) is 13.0 Å². The van der Waals surface area contributed by atoms with E-state index in [-0.39, 0.29) is 6.10 Å². The van der Waals surface area contributed by atoms with E-state index in [4.69, 9.17) is 5.11 Å². The first-order valence-electron chi connectivity index (χ1n) is 4.47. The largest absolute Gasteiger partial charge is 0.389 e. The van der Waals surface area contributed by atoms with Crippen LogP contribution in [-0.4, -0.2) is 11.2 Å². The molecular weight excluding hydrogens is 136 g/mol. The Balaban J connectivity index is 3.15. The minimum atomic E-state index is -0.239. The first-order valence-corrected chi connectivity index (χ1v) is 4.47. The second-order valence-electron chi connectivity index (χ2n) is 2.68. The minimum Gasteiger partial charge on any atom is -0.389 e. The van der Waals surface area contributed by atoms with Crippen molar-refractivity contribution in [2.75, 3.05) is 0 Å². The minimum absolute atomic E-state index is 0.239. The summed E-state index contributed by atoms with van der Waals surface area (Å²) in [6.45, 7) is 4.12. The van der Waals surface area contributed by atoms with Crippen LogP contribution in [-0.2, 0) is 0 Å². The van der Waals surface area contributed by atoms with Gasteiger partial charge in [-0.2, -0.15) is 0 Å². The Morgan fingerprint density at radius 3 is 2.55 bits per heavy atom. The van der Waals surface area contributed by atoms with Crippen LogP contribution in [0.15, 0.2) is 12.2 Å². The van der Waals surface area contributed by atoms with E-state index in [1.54, 1.807) is 0 Å². The smallest absolute Gasteiger partial charge is 0.0718 e. The first-order chi connectivity index (χ1) is 5.31. The summed E-state index contributed by atoms with van der Waals surface area (Å²) in [5.74, 6) is 0. The van der Waals surface area contributed by atoms with Crippen LogP contribution in [0.3, 0.4) is 0 Å². The van der Waals surface area contributed by atoms with E-state index >= 15 is 0 Å². The zero-order valence-electron chi connectivity index (χ0n) is 7.59. The number of unbranched alkanes of at least 4 members (excludes halogenated alkanes) is 3. The van der Waals surface area contributed by atoms with Crippen molar-refractivity contribution < 1.29 is 5.11 Å². The molecule has 0 heterocycles. The van der Waals surface area contributed by atoms with Crippen LogP contribution in [0.5, 0.6) is 0 Å². The molecule has 0 aromatic rings. The lowest BCUT2D eigenvalue weighted by Gasteiger charge is -1.98. The summed E-state index contributed by atoms with van der Waals surface area (Å²) in [6, 6.07) is 0. The van der Waals surface area contributed by atoms with Gasteiger partial charge in [0.05, 0.1) is 6.10 Å². The van der Waals surface area contributed by atoms with Gasteiger partial charge in [-0.15, -0.1) is 0 Å². The highest BCUT2D eigenvalue weighted by Gasteiger charge is 1.90. The molecule has 1 heteroatoms. The topological polar surface area (TPSA) is 20.2 Å². The summed E-state index contributed by atoms with van der Waals surface area (Å²) in [5.41, 5.74) is 0. The molecule has 1 radical (unpaired) electrons. The highest BCUT2D eigenvalue weighted by atomic mass is 16.3. The maximum atomic E-state index is 9.12. The third kappa shape index (κ3) is 7.60. The average molecular weight is 155 g/mol. The van der Waals surface area contributed by atoms with Gasteiger partial charge in [-0.3, -0.25) is 0 Å². The molecule has 1 unspecified atom stereocenters. The fourth-order valence-corrected chi connectivity index (χ4v) is 0.808. The molecule has 11 heavy (non-hydrogen) atoms. The zero-order valence-corrected chi connectivity index (χ0v) is 7.59. The van der Waals surface area contributed by atoms with Gasteiger partial charge in [0.2, 0.25) is 0 Å². The van der Waals surface area contributed by atoms with Crippen LogP contribution in [0.4, 0.5) is 0 Å². The molecule has 0 aliphatic carbocycles. The predicted octanol–water partition coefficient (Wildman–Crippen LogP) is 2.71. The second-order valence-corrected chi connectivity index (χ2v) is 2.68. The number of aliphatic hydroxyl groups is 1. The third-order valence-corrected chi connectivity index (χ3v) is 1.60. The van der Waals surface area contributed by atoms with Crippen molar-refractivity contribution in [2.24, 2.45) is 0 Å². The predicted molar refractivity (Wildman–Crippen MR) is 49.3 cm³/mol. The Morgan fingerprint density at radius 1 is 1.27 bits per heavy atom. The van der Waals surface area contributed by atoms with Crippen molar-refractivity contribution >= 4 is 0 Å². The van der Waals surface area contributed by atoms with Crippen molar-refractivity contribution in [1.29, 1.82) is 0 Å². The Labute approximate surface area is 70.1 Å². The molecule has 1 atom stereocenters. The van der Waals surface area contributed by atoms with Gasteiger partial charge in [-0.05, 0) is 25.7 Å². The molecule has 0 aromatic carbocycles. The fourth-order valence-electron chi connectivity index (χ4n) is 0.808. The molecule has 0 aromatic heterocycles. The van der Waals surface area contributed by atoms with Crippen LogP contribution in [0.25, 0.3) is 0 Å². The normalized spacial score (nSPS) is 14.1. The lowest BCUT2D eigenvalue weighted by Crippen LogP contribution is -1.97. The highest BCUT2D eigenvalue weighted by Crippen LogP contribution is 2.00. The van der Waals surface area contributed by atoms with Gasteiger partial charge in [0.1, 0.15) is 0 Å². The molecule has 0 rings (SSSR count). The van der Waals surface area contributed by atoms with Gasteiger partial charge in [-0.1, -0.05) is 32.4 Å². The zero-order chi connectivity index (χ0) is 8.53. The van der Waals surface area contributed by atoms with E-state index in [2.05, 4.69) is 19.4 Å². The van der Waals surface area contributed by atoms with Crippen molar-refractivity contribution in [1.82, 2.24) is 0 Å². The van der Waals surface area contributed by atoms with E-state index in [0.29, 0.717) is 0 Å². The van der Waals surface area contributed by atoms with Crippen LogP contribution in [0, 0.1) is 6.42 Å². The molecule has 0 aliphatic rings. The van der Waals surface area contributed by atoms with E-state index < -0.39 is 0 Å². The van der Waals surface area contributed by atoms with Gasteiger partial charge >= 0.3 is 0 Å². The molecule has 0 spiro atoms. The molecule has 0 amide bonds. The Morgan fingerprint density at radius 2 is 2.00 bits per heavy atom. The van der Waals surface area contributed by atoms with E-state index in [9.17, 15) is 0 Å². The molecule has 1 nitrogen and oxygen atoms in total. The summed E-state index contributed by atoms with van der Waals surface area (Å²) < 4.78 is 0. The van der Waals surface area contributed by atoms with Gasteiger partial charge in [0.15, 0.2) is 0 Å². The molecule has 65 valence electrons. The molecule has 0 aliphatic heterocycles. The van der Waals surface area contributed by atoms with Gasteiger partial charge < -0.3 is 5.11 Å². The lowest BCUT2D eigenvalue weighted by molar-refractivity contribution is 0.219. The quantitative estimate of drug-likeness (QED) is 0.462. The van der Waals surface area contributed by atoms with Gasteiger partial charge in [-0.25, -0.2) is 0 Å². The first kappa shape index (κ1) is 10.7. The number of rotatable bonds is 6. The summed E-state index contributed by atoms with van der Waals surface area (Å²) in [6.07, 6.45) is 10.1. The summed E-state index contributed by atoms with van der Waals surface area (Å²) in [5, 5.41) is 9.12. The van der Waals surface area contributed by atoms with E-state index in [1.165, 1.54) is 0 Å². The van der Waals surface area contributed by atoms with Crippen molar-refractivity contribution in [3.05, 3.63) is 18.6 Å². The van der Waals surface area contributed by atoms with E-state index in [0.717, 1.165) is 25.7 Å². The van der Waals surface area contributed by atoms with Crippen LogP contribution < -0.4 is 0 Å². The third-order valence-electron chi connectivity index (χ3n) is 1.60. The fraction of sp³-hybridized carbons (Fsp3) is 0.700. The average Bonchev–Trinajstić information content (AvgIpc) is 2.04. The summed E-state index contributed by atoms with van der Waals surface area (Å²) in [4.78, 5) is 0. The SMILES string of the molecule is CC[CH]CCC=CC(O)CC. The highest BCUT2D eigenvalue weighted by molar-refractivity contribution is 4.88. The Kier molecular flexibility index (Phi) is 7.59. The lowest BCUT2D eigenvalue weighted by atomic mass is 10.2. The molecular formula is C10H19O. The second kappa shape index (κ2) is 7.80. The summed E-state index contributed by atoms with van der Waals surface area (Å²) in [7, 11) is 0. The van der Waals surface area contributed by atoms with Crippen molar-refractivity contribution in [3.63, 3.8) is 0 Å². The maximum absolute atomic E-state index is 9.12. The number of allylic oxidation sites excluding steroid dienone is 1. The van der Waals surface area contributed by atoms with Crippen molar-refractivity contribution in [3.8, 4) is 0 Å². The summed E-state index contributed by atoms with van der Waals surface area (Å²) >= 11 is 0. The van der Waals surface area contributed by atoms with Crippen LogP contribution in [0.2, 0.25) is 0 Å². The Hall–Kier alpha value is -0.300. The molecule has 1 N–H and O–H groups in total. The number of hydrogen-bond donors (Lipinski definition) is 1. The number of aliphatic hydroxyl groups excluding tert-OH is 1. The maximum Gasteiger partial charge on any atom is 0.0718 e. The number of hydrogen-bond acceptors (Lipinski definition) is 1. The van der Waals surface area contributed by atoms with Crippen LogP contribution in [0.1, 0.15) is 39.5 Å². The molecule has 0 saturated heterocycles. The molecule has 0 bridgehead atoms. The molecule has 0 saturated carbocycles. The van der Waals surface area contributed by atoms with Gasteiger partial charge in [0, 0.05) is 0 Å². The van der Waals surface area contributed by atoms with Crippen molar-refractivity contribution in [2.45, 2.75) is 45.6 Å². The molecule has 0 fully saturated rings.